The topological polar surface area (TPSA) is 48.2 Å². The molecule has 0 amide bonds. The van der Waals surface area contributed by atoms with Crippen molar-refractivity contribution in [3.8, 4) is 17.1 Å². The van der Waals surface area contributed by atoms with Gasteiger partial charge in [-0.1, -0.05) is 59.8 Å². The van der Waals surface area contributed by atoms with E-state index in [0.717, 1.165) is 22.3 Å². The van der Waals surface area contributed by atoms with Crippen LogP contribution in [0.4, 0.5) is 0 Å². The van der Waals surface area contributed by atoms with Crippen molar-refractivity contribution in [1.82, 2.24) is 10.1 Å². The molecule has 0 bridgehead atoms. The maximum atomic E-state index is 5.78. The third-order valence-corrected chi connectivity index (χ3v) is 3.94. The summed E-state index contributed by atoms with van der Waals surface area (Å²) in [6, 6.07) is 22.1. The van der Waals surface area contributed by atoms with Crippen molar-refractivity contribution in [3.05, 3.63) is 78.2 Å². The first-order valence-corrected chi connectivity index (χ1v) is 7.80. The number of ether oxygens (including phenoxy) is 1. The van der Waals surface area contributed by atoms with Crippen LogP contribution in [0.15, 0.2) is 71.3 Å². The molecular weight excluding hydrogens is 300 g/mol. The molecule has 0 saturated carbocycles. The lowest BCUT2D eigenvalue weighted by atomic mass is 10.1. The van der Waals surface area contributed by atoms with Crippen molar-refractivity contribution < 1.29 is 9.26 Å². The van der Waals surface area contributed by atoms with E-state index in [9.17, 15) is 0 Å². The van der Waals surface area contributed by atoms with Crippen molar-refractivity contribution in [2.75, 3.05) is 0 Å². The summed E-state index contributed by atoms with van der Waals surface area (Å²) in [5.74, 6) is 1.83. The Hall–Kier alpha value is -3.14. The second kappa shape index (κ2) is 6.16. The van der Waals surface area contributed by atoms with E-state index in [4.69, 9.17) is 9.26 Å². The Balaban J connectivity index is 1.51. The summed E-state index contributed by atoms with van der Waals surface area (Å²) in [7, 11) is 0. The van der Waals surface area contributed by atoms with Gasteiger partial charge >= 0.3 is 0 Å². The molecule has 24 heavy (non-hydrogen) atoms. The van der Waals surface area contributed by atoms with Gasteiger partial charge in [0.1, 0.15) is 5.75 Å². The molecule has 1 heterocycles. The molecule has 118 valence electrons. The molecule has 0 saturated heterocycles. The number of aromatic nitrogens is 2. The van der Waals surface area contributed by atoms with E-state index in [-0.39, 0.29) is 6.61 Å². The van der Waals surface area contributed by atoms with Crippen LogP contribution in [0, 0.1) is 6.92 Å². The van der Waals surface area contributed by atoms with E-state index in [2.05, 4.69) is 22.3 Å². The lowest BCUT2D eigenvalue weighted by molar-refractivity contribution is 0.243. The predicted molar refractivity (Wildman–Crippen MR) is 92.8 cm³/mol. The predicted octanol–water partition coefficient (Wildman–Crippen LogP) is 4.78. The van der Waals surface area contributed by atoms with Crippen molar-refractivity contribution in [1.29, 1.82) is 0 Å². The standard InChI is InChI=1S/C20H16N2O2/c1-14-6-2-5-9-18(14)20-21-19(24-22-20)13-23-17-11-10-15-7-3-4-8-16(15)12-17/h2-12H,13H2,1H3. The van der Waals surface area contributed by atoms with Gasteiger partial charge in [-0.15, -0.1) is 0 Å². The van der Waals surface area contributed by atoms with Crippen LogP contribution >= 0.6 is 0 Å². The molecule has 4 heteroatoms. The monoisotopic (exact) mass is 316 g/mol. The van der Waals surface area contributed by atoms with Gasteiger partial charge < -0.3 is 9.26 Å². The molecule has 4 aromatic rings. The Morgan fingerprint density at radius 1 is 0.917 bits per heavy atom. The summed E-state index contributed by atoms with van der Waals surface area (Å²) in [4.78, 5) is 4.42. The fourth-order valence-electron chi connectivity index (χ4n) is 2.65. The third kappa shape index (κ3) is 2.86. The summed E-state index contributed by atoms with van der Waals surface area (Å²) in [6.07, 6.45) is 0. The largest absolute Gasteiger partial charge is 0.484 e. The lowest BCUT2D eigenvalue weighted by Crippen LogP contribution is -1.95. The average Bonchev–Trinajstić information content (AvgIpc) is 3.09. The summed E-state index contributed by atoms with van der Waals surface area (Å²) in [5.41, 5.74) is 2.08. The molecule has 0 fully saturated rings. The minimum atomic E-state index is 0.247. The second-order valence-corrected chi connectivity index (χ2v) is 5.62. The highest BCUT2D eigenvalue weighted by molar-refractivity contribution is 5.83. The fourth-order valence-corrected chi connectivity index (χ4v) is 2.65. The Labute approximate surface area is 139 Å². The molecule has 0 spiro atoms. The Kier molecular flexibility index (Phi) is 3.71. The molecule has 0 aliphatic heterocycles. The van der Waals surface area contributed by atoms with Crippen LogP contribution in [0.3, 0.4) is 0 Å². The first-order valence-electron chi connectivity index (χ1n) is 7.80. The molecule has 3 aromatic carbocycles. The van der Waals surface area contributed by atoms with Crippen LogP contribution in [-0.2, 0) is 6.61 Å². The maximum Gasteiger partial charge on any atom is 0.264 e. The SMILES string of the molecule is Cc1ccccc1-c1noc(COc2ccc3ccccc3c2)n1. The fraction of sp³-hybridized carbons (Fsp3) is 0.100. The highest BCUT2D eigenvalue weighted by Gasteiger charge is 2.11. The Bertz CT molecular complexity index is 992. The first-order chi connectivity index (χ1) is 11.8. The second-order valence-electron chi connectivity index (χ2n) is 5.62. The van der Waals surface area contributed by atoms with Crippen molar-refractivity contribution in [3.63, 3.8) is 0 Å². The molecule has 0 aliphatic rings. The smallest absolute Gasteiger partial charge is 0.264 e. The van der Waals surface area contributed by atoms with Gasteiger partial charge in [0.15, 0.2) is 6.61 Å². The zero-order chi connectivity index (χ0) is 16.4. The maximum absolute atomic E-state index is 5.78. The van der Waals surface area contributed by atoms with Crippen LogP contribution in [0.25, 0.3) is 22.2 Å². The van der Waals surface area contributed by atoms with Gasteiger partial charge in [-0.3, -0.25) is 0 Å². The van der Waals surface area contributed by atoms with Crippen molar-refractivity contribution >= 4 is 10.8 Å². The Morgan fingerprint density at radius 2 is 1.71 bits per heavy atom. The van der Waals surface area contributed by atoms with Crippen LogP contribution in [-0.4, -0.2) is 10.1 Å². The summed E-state index contributed by atoms with van der Waals surface area (Å²) >= 11 is 0. The normalized spacial score (nSPS) is 10.9. The van der Waals surface area contributed by atoms with E-state index in [0.29, 0.717) is 11.7 Å². The molecule has 4 nitrogen and oxygen atoms in total. The average molecular weight is 316 g/mol. The number of hydrogen-bond acceptors (Lipinski definition) is 4. The van der Waals surface area contributed by atoms with E-state index >= 15 is 0 Å². The molecule has 0 aliphatic carbocycles. The molecular formula is C20H16N2O2. The number of nitrogens with zero attached hydrogens (tertiary/aromatic N) is 2. The summed E-state index contributed by atoms with van der Waals surface area (Å²) in [6.45, 7) is 2.27. The van der Waals surface area contributed by atoms with Crippen LogP contribution in [0.5, 0.6) is 5.75 Å². The van der Waals surface area contributed by atoms with Gasteiger partial charge in [0.25, 0.3) is 5.89 Å². The lowest BCUT2D eigenvalue weighted by Gasteiger charge is -2.04. The quantitative estimate of drug-likeness (QED) is 0.544. The molecule has 0 N–H and O–H groups in total. The van der Waals surface area contributed by atoms with Gasteiger partial charge in [0.2, 0.25) is 5.82 Å². The van der Waals surface area contributed by atoms with E-state index in [1.807, 2.05) is 61.5 Å². The molecule has 4 rings (SSSR count). The van der Waals surface area contributed by atoms with Gasteiger partial charge in [-0.2, -0.15) is 4.98 Å². The highest BCUT2D eigenvalue weighted by atomic mass is 16.5. The van der Waals surface area contributed by atoms with E-state index < -0.39 is 0 Å². The number of benzene rings is 3. The Morgan fingerprint density at radius 3 is 2.58 bits per heavy atom. The minimum absolute atomic E-state index is 0.247. The van der Waals surface area contributed by atoms with Gasteiger partial charge in [0, 0.05) is 5.56 Å². The van der Waals surface area contributed by atoms with Crippen molar-refractivity contribution in [2.24, 2.45) is 0 Å². The van der Waals surface area contributed by atoms with Crippen LogP contribution < -0.4 is 4.74 Å². The first kappa shape index (κ1) is 14.5. The zero-order valence-electron chi connectivity index (χ0n) is 13.3. The summed E-state index contributed by atoms with van der Waals surface area (Å²) in [5, 5.41) is 6.37. The van der Waals surface area contributed by atoms with Gasteiger partial charge in [-0.05, 0) is 35.4 Å². The van der Waals surface area contributed by atoms with Gasteiger partial charge in [-0.25, -0.2) is 0 Å². The molecule has 0 unspecified atom stereocenters. The molecule has 0 atom stereocenters. The summed E-state index contributed by atoms with van der Waals surface area (Å²) < 4.78 is 11.1. The van der Waals surface area contributed by atoms with Gasteiger partial charge in [0.05, 0.1) is 0 Å². The van der Waals surface area contributed by atoms with Crippen LogP contribution in [0.1, 0.15) is 11.5 Å². The molecule has 1 aromatic heterocycles. The number of aryl methyl sites for hydroxylation is 1. The zero-order valence-corrected chi connectivity index (χ0v) is 13.3. The highest BCUT2D eigenvalue weighted by Crippen LogP contribution is 2.23. The minimum Gasteiger partial charge on any atom is -0.484 e. The van der Waals surface area contributed by atoms with E-state index in [1.54, 1.807) is 0 Å². The van der Waals surface area contributed by atoms with Crippen LogP contribution in [0.2, 0.25) is 0 Å². The van der Waals surface area contributed by atoms with Crippen molar-refractivity contribution in [2.45, 2.75) is 13.5 Å². The third-order valence-electron chi connectivity index (χ3n) is 3.94. The van der Waals surface area contributed by atoms with E-state index in [1.165, 1.54) is 5.39 Å². The number of hydrogen-bond donors (Lipinski definition) is 0. The number of fused-ring (bicyclic) bond motifs is 1. The molecule has 0 radical (unpaired) electrons. The number of rotatable bonds is 4.